The molecule has 3 rings (SSSR count). The first kappa shape index (κ1) is 11.2. The van der Waals surface area contributed by atoms with Crippen LogP contribution < -0.4 is 10.1 Å². The van der Waals surface area contributed by atoms with Crippen molar-refractivity contribution in [2.75, 3.05) is 6.54 Å². The van der Waals surface area contributed by atoms with Crippen LogP contribution in [-0.2, 0) is 6.42 Å². The molecule has 0 saturated heterocycles. The molecular weight excluding hydrogens is 248 g/mol. The predicted octanol–water partition coefficient (Wildman–Crippen LogP) is 1.88. The van der Waals surface area contributed by atoms with Crippen molar-refractivity contribution in [2.24, 2.45) is 0 Å². The number of para-hydroxylation sites is 1. The quantitative estimate of drug-likeness (QED) is 0.916. The number of fused-ring (bicyclic) bond motifs is 1. The zero-order chi connectivity index (χ0) is 12.4. The normalized spacial score (nSPS) is 17.0. The molecule has 0 spiro atoms. The molecule has 0 fully saturated rings. The third-order valence-electron chi connectivity index (χ3n) is 2.87. The van der Waals surface area contributed by atoms with Crippen LogP contribution in [0.2, 0.25) is 0 Å². The minimum Gasteiger partial charge on any atom is -0.488 e. The van der Waals surface area contributed by atoms with E-state index in [0.29, 0.717) is 12.2 Å². The summed E-state index contributed by atoms with van der Waals surface area (Å²) in [6, 6.07) is 7.96. The molecule has 1 N–H and O–H groups in total. The lowest BCUT2D eigenvalue weighted by Gasteiger charge is -2.11. The Morgan fingerprint density at radius 2 is 2.39 bits per heavy atom. The Balaban J connectivity index is 1.56. The molecule has 1 aliphatic heterocycles. The number of amides is 1. The van der Waals surface area contributed by atoms with E-state index in [1.54, 1.807) is 10.9 Å². The van der Waals surface area contributed by atoms with Gasteiger partial charge in [-0.1, -0.05) is 18.2 Å². The molecule has 0 aliphatic carbocycles. The van der Waals surface area contributed by atoms with Gasteiger partial charge in [0.2, 0.25) is 0 Å². The van der Waals surface area contributed by atoms with Crippen molar-refractivity contribution < 1.29 is 9.53 Å². The number of nitrogens with zero attached hydrogens (tertiary/aromatic N) is 1. The van der Waals surface area contributed by atoms with Gasteiger partial charge in [0.25, 0.3) is 5.91 Å². The van der Waals surface area contributed by atoms with Crippen molar-refractivity contribution in [3.63, 3.8) is 0 Å². The van der Waals surface area contributed by atoms with Crippen LogP contribution in [0.4, 0.5) is 0 Å². The summed E-state index contributed by atoms with van der Waals surface area (Å²) in [5.41, 5.74) is 3.32. The second kappa shape index (κ2) is 4.78. The smallest absolute Gasteiger partial charge is 0.270 e. The van der Waals surface area contributed by atoms with E-state index in [0.717, 1.165) is 12.2 Å². The Bertz CT molecular complexity index is 529. The van der Waals surface area contributed by atoms with Gasteiger partial charge in [-0.25, -0.2) is 4.98 Å². The van der Waals surface area contributed by atoms with E-state index < -0.39 is 0 Å². The first-order valence-corrected chi connectivity index (χ1v) is 6.68. The van der Waals surface area contributed by atoms with E-state index in [9.17, 15) is 4.79 Å². The Morgan fingerprint density at radius 3 is 3.17 bits per heavy atom. The summed E-state index contributed by atoms with van der Waals surface area (Å²) in [5.74, 6) is 0.779. The highest BCUT2D eigenvalue weighted by atomic mass is 32.1. The fraction of sp³-hybridized carbons (Fsp3) is 0.231. The molecule has 1 atom stereocenters. The molecular formula is C13H12N2O2S. The van der Waals surface area contributed by atoms with Gasteiger partial charge in [-0.05, 0) is 11.6 Å². The summed E-state index contributed by atoms with van der Waals surface area (Å²) < 4.78 is 5.74. The number of aromatic nitrogens is 1. The SMILES string of the molecule is O=C(NCC1Cc2ccccc2O1)c1cscn1. The fourth-order valence-corrected chi connectivity index (χ4v) is 2.52. The third-order valence-corrected chi connectivity index (χ3v) is 3.46. The molecule has 1 amide bonds. The highest BCUT2D eigenvalue weighted by Gasteiger charge is 2.22. The maximum absolute atomic E-state index is 11.7. The molecule has 18 heavy (non-hydrogen) atoms. The fourth-order valence-electron chi connectivity index (χ4n) is 1.99. The van der Waals surface area contributed by atoms with Crippen LogP contribution in [0.3, 0.4) is 0 Å². The van der Waals surface area contributed by atoms with Gasteiger partial charge in [0, 0.05) is 11.8 Å². The van der Waals surface area contributed by atoms with Gasteiger partial charge in [0.15, 0.2) is 0 Å². The van der Waals surface area contributed by atoms with Gasteiger partial charge in [-0.15, -0.1) is 11.3 Å². The van der Waals surface area contributed by atoms with E-state index in [1.807, 2.05) is 18.2 Å². The number of hydrogen-bond donors (Lipinski definition) is 1. The number of carbonyl (C=O) groups is 1. The lowest BCUT2D eigenvalue weighted by atomic mass is 10.1. The average Bonchev–Trinajstić information content (AvgIpc) is 3.04. The molecule has 2 heterocycles. The molecule has 1 aromatic heterocycles. The second-order valence-electron chi connectivity index (χ2n) is 4.14. The van der Waals surface area contributed by atoms with Crippen LogP contribution in [0.5, 0.6) is 5.75 Å². The van der Waals surface area contributed by atoms with Crippen molar-refractivity contribution in [3.05, 3.63) is 46.4 Å². The molecule has 0 bridgehead atoms. The number of rotatable bonds is 3. The van der Waals surface area contributed by atoms with Crippen LogP contribution in [0.25, 0.3) is 0 Å². The average molecular weight is 260 g/mol. The maximum atomic E-state index is 11.7. The van der Waals surface area contributed by atoms with Gasteiger partial charge in [-0.3, -0.25) is 4.79 Å². The lowest BCUT2D eigenvalue weighted by Crippen LogP contribution is -2.34. The Kier molecular flexibility index (Phi) is 2.98. The second-order valence-corrected chi connectivity index (χ2v) is 4.85. The van der Waals surface area contributed by atoms with Crippen molar-refractivity contribution in [3.8, 4) is 5.75 Å². The highest BCUT2D eigenvalue weighted by molar-refractivity contribution is 7.07. The summed E-state index contributed by atoms with van der Waals surface area (Å²) in [4.78, 5) is 15.7. The molecule has 1 unspecified atom stereocenters. The summed E-state index contributed by atoms with van der Waals surface area (Å²) in [5, 5.41) is 4.58. The van der Waals surface area contributed by atoms with E-state index in [4.69, 9.17) is 4.74 Å². The van der Waals surface area contributed by atoms with E-state index >= 15 is 0 Å². The van der Waals surface area contributed by atoms with Gasteiger partial charge in [0.05, 0.1) is 12.1 Å². The van der Waals surface area contributed by atoms with Crippen molar-refractivity contribution in [1.82, 2.24) is 10.3 Å². The van der Waals surface area contributed by atoms with Gasteiger partial charge in [0.1, 0.15) is 17.5 Å². The zero-order valence-corrected chi connectivity index (χ0v) is 10.4. The molecule has 5 heteroatoms. The minimum absolute atomic E-state index is 0.0185. The van der Waals surface area contributed by atoms with Gasteiger partial charge < -0.3 is 10.1 Å². The maximum Gasteiger partial charge on any atom is 0.270 e. The van der Waals surface area contributed by atoms with Gasteiger partial charge >= 0.3 is 0 Å². The molecule has 1 aromatic carbocycles. The monoisotopic (exact) mass is 260 g/mol. The summed E-state index contributed by atoms with van der Waals surface area (Å²) >= 11 is 1.41. The minimum atomic E-state index is -0.143. The number of nitrogens with one attached hydrogen (secondary N) is 1. The van der Waals surface area contributed by atoms with E-state index in [-0.39, 0.29) is 12.0 Å². The lowest BCUT2D eigenvalue weighted by molar-refractivity contribution is 0.0929. The Labute approximate surface area is 109 Å². The Morgan fingerprint density at radius 1 is 1.50 bits per heavy atom. The highest BCUT2D eigenvalue weighted by Crippen LogP contribution is 2.27. The number of thiazole rings is 1. The van der Waals surface area contributed by atoms with Crippen molar-refractivity contribution >= 4 is 17.2 Å². The first-order valence-electron chi connectivity index (χ1n) is 5.74. The van der Waals surface area contributed by atoms with E-state index in [2.05, 4.69) is 16.4 Å². The standard InChI is InChI=1S/C13H12N2O2S/c16-13(11-7-18-8-15-11)14-6-10-5-9-3-1-2-4-12(9)17-10/h1-4,7-8,10H,5-6H2,(H,14,16). The number of carbonyl (C=O) groups excluding carboxylic acids is 1. The molecule has 2 aromatic rings. The number of ether oxygens (including phenoxy) is 1. The molecule has 92 valence electrons. The largest absolute Gasteiger partial charge is 0.488 e. The molecule has 1 aliphatic rings. The summed E-state index contributed by atoms with van der Waals surface area (Å²) in [6.45, 7) is 0.505. The van der Waals surface area contributed by atoms with E-state index in [1.165, 1.54) is 16.9 Å². The molecule has 4 nitrogen and oxygen atoms in total. The predicted molar refractivity (Wildman–Crippen MR) is 69.0 cm³/mol. The summed E-state index contributed by atoms with van der Waals surface area (Å²) in [7, 11) is 0. The number of benzene rings is 1. The van der Waals surface area contributed by atoms with Crippen LogP contribution >= 0.6 is 11.3 Å². The number of hydrogen-bond acceptors (Lipinski definition) is 4. The Hall–Kier alpha value is -1.88. The van der Waals surface area contributed by atoms with Crippen molar-refractivity contribution in [2.45, 2.75) is 12.5 Å². The van der Waals surface area contributed by atoms with Gasteiger partial charge in [-0.2, -0.15) is 0 Å². The molecule has 0 radical (unpaired) electrons. The van der Waals surface area contributed by atoms with Crippen LogP contribution in [0.1, 0.15) is 16.1 Å². The first-order chi connectivity index (χ1) is 8.83. The third kappa shape index (κ3) is 2.22. The zero-order valence-electron chi connectivity index (χ0n) is 9.63. The molecule has 0 saturated carbocycles. The van der Waals surface area contributed by atoms with Crippen LogP contribution in [0, 0.1) is 0 Å². The van der Waals surface area contributed by atoms with Crippen LogP contribution in [0.15, 0.2) is 35.2 Å². The topological polar surface area (TPSA) is 51.2 Å². The summed E-state index contributed by atoms with van der Waals surface area (Å²) in [6.07, 6.45) is 0.859. The van der Waals surface area contributed by atoms with Crippen LogP contribution in [-0.4, -0.2) is 23.5 Å². The van der Waals surface area contributed by atoms with Crippen molar-refractivity contribution in [1.29, 1.82) is 0 Å².